The number of hydrogen-bond donors (Lipinski definition) is 1. The Kier molecular flexibility index (Phi) is 6.09. The number of ether oxygens (including phenoxy) is 2. The number of aliphatic hydroxyl groups is 1. The Labute approximate surface area is 206 Å². The Bertz CT molecular complexity index is 980. The normalized spacial score (nSPS) is 39.6. The van der Waals surface area contributed by atoms with Crippen molar-refractivity contribution in [2.24, 2.45) is 17.3 Å². The van der Waals surface area contributed by atoms with Crippen LogP contribution in [0.5, 0.6) is 0 Å². The number of anilines is 1. The fraction of sp³-hybridized carbons (Fsp3) is 0.731. The SMILES string of the molecule is COC1(C)CCCC2(C)CC3OC(=O)C(CN4CCN(c5ccc([N+](=O)[O-])cc5)CC4)C3CC21O. The number of non-ortho nitro benzene ring substituents is 1. The summed E-state index contributed by atoms with van der Waals surface area (Å²) in [6.45, 7) is 7.97. The average molecular weight is 488 g/mol. The van der Waals surface area contributed by atoms with Crippen molar-refractivity contribution >= 4 is 17.3 Å². The zero-order valence-corrected chi connectivity index (χ0v) is 20.9. The fourth-order valence-corrected chi connectivity index (χ4v) is 7.34. The van der Waals surface area contributed by atoms with Gasteiger partial charge in [-0.25, -0.2) is 0 Å². The molecule has 0 bridgehead atoms. The molecule has 2 aliphatic carbocycles. The van der Waals surface area contributed by atoms with Gasteiger partial charge in [0.05, 0.1) is 22.0 Å². The van der Waals surface area contributed by atoms with Gasteiger partial charge in [-0.2, -0.15) is 0 Å². The van der Waals surface area contributed by atoms with Crippen molar-refractivity contribution in [3.63, 3.8) is 0 Å². The summed E-state index contributed by atoms with van der Waals surface area (Å²) < 4.78 is 11.8. The third kappa shape index (κ3) is 3.92. The average Bonchev–Trinajstić information content (AvgIpc) is 3.12. The second-order valence-electron chi connectivity index (χ2n) is 11.4. The number of benzene rings is 1. The lowest BCUT2D eigenvalue weighted by molar-refractivity contribution is -0.384. The molecule has 4 aliphatic rings. The van der Waals surface area contributed by atoms with Crippen LogP contribution in [0.4, 0.5) is 11.4 Å². The van der Waals surface area contributed by atoms with E-state index in [4.69, 9.17) is 9.47 Å². The van der Waals surface area contributed by atoms with Gasteiger partial charge in [0, 0.05) is 69.0 Å². The zero-order valence-electron chi connectivity index (χ0n) is 20.9. The number of nitro benzene ring substituents is 1. The predicted molar refractivity (Wildman–Crippen MR) is 130 cm³/mol. The van der Waals surface area contributed by atoms with Crippen molar-refractivity contribution in [1.82, 2.24) is 4.90 Å². The van der Waals surface area contributed by atoms with E-state index in [0.717, 1.165) is 51.1 Å². The topological polar surface area (TPSA) is 105 Å². The molecule has 0 amide bonds. The molecule has 0 radical (unpaired) electrons. The van der Waals surface area contributed by atoms with E-state index in [-0.39, 0.29) is 39.9 Å². The van der Waals surface area contributed by atoms with Crippen LogP contribution in [0.25, 0.3) is 0 Å². The maximum Gasteiger partial charge on any atom is 0.310 e. The van der Waals surface area contributed by atoms with E-state index in [1.807, 2.05) is 6.92 Å². The first-order valence-electron chi connectivity index (χ1n) is 12.8. The smallest absolute Gasteiger partial charge is 0.310 e. The minimum atomic E-state index is -0.991. The highest BCUT2D eigenvalue weighted by Crippen LogP contribution is 2.61. The fourth-order valence-electron chi connectivity index (χ4n) is 7.34. The van der Waals surface area contributed by atoms with E-state index in [2.05, 4.69) is 16.7 Å². The number of hydrogen-bond acceptors (Lipinski definition) is 8. The summed E-state index contributed by atoms with van der Waals surface area (Å²) in [4.78, 5) is 28.1. The Morgan fingerprint density at radius 1 is 1.14 bits per heavy atom. The number of rotatable bonds is 5. The Balaban J connectivity index is 1.25. The van der Waals surface area contributed by atoms with E-state index >= 15 is 0 Å². The van der Waals surface area contributed by atoms with E-state index in [1.165, 1.54) is 12.1 Å². The van der Waals surface area contributed by atoms with Crippen molar-refractivity contribution in [3.05, 3.63) is 34.4 Å². The van der Waals surface area contributed by atoms with E-state index in [9.17, 15) is 20.0 Å². The molecule has 6 unspecified atom stereocenters. The third-order valence-electron chi connectivity index (χ3n) is 9.71. The van der Waals surface area contributed by atoms with Gasteiger partial charge in [0.25, 0.3) is 5.69 Å². The van der Waals surface area contributed by atoms with Crippen LogP contribution in [0.15, 0.2) is 24.3 Å². The summed E-state index contributed by atoms with van der Waals surface area (Å²) in [6, 6.07) is 6.67. The minimum Gasteiger partial charge on any atom is -0.462 e. The van der Waals surface area contributed by atoms with Gasteiger partial charge in [0.1, 0.15) is 6.10 Å². The van der Waals surface area contributed by atoms with Gasteiger partial charge in [-0.05, 0) is 51.2 Å². The number of nitrogens with zero attached hydrogens (tertiary/aromatic N) is 3. The van der Waals surface area contributed by atoms with Crippen LogP contribution in [-0.4, -0.2) is 78.0 Å². The molecule has 0 spiro atoms. The molecule has 2 saturated heterocycles. The van der Waals surface area contributed by atoms with Crippen molar-refractivity contribution in [1.29, 1.82) is 0 Å². The Hall–Kier alpha value is -2.23. The molecule has 1 N–H and O–H groups in total. The van der Waals surface area contributed by atoms with Crippen LogP contribution in [0.3, 0.4) is 0 Å². The van der Waals surface area contributed by atoms with Crippen LogP contribution >= 0.6 is 0 Å². The van der Waals surface area contributed by atoms with E-state index < -0.39 is 11.2 Å². The molecule has 35 heavy (non-hydrogen) atoms. The van der Waals surface area contributed by atoms with Gasteiger partial charge < -0.3 is 19.5 Å². The van der Waals surface area contributed by atoms with Crippen molar-refractivity contribution < 1.29 is 24.3 Å². The van der Waals surface area contributed by atoms with Gasteiger partial charge in [-0.3, -0.25) is 19.8 Å². The number of esters is 1. The largest absolute Gasteiger partial charge is 0.462 e. The molecule has 2 aliphatic heterocycles. The molecular formula is C26H37N3O6. The second-order valence-corrected chi connectivity index (χ2v) is 11.4. The van der Waals surface area contributed by atoms with Crippen molar-refractivity contribution in [2.75, 3.05) is 44.7 Å². The van der Waals surface area contributed by atoms with Gasteiger partial charge in [-0.15, -0.1) is 0 Å². The van der Waals surface area contributed by atoms with Gasteiger partial charge >= 0.3 is 5.97 Å². The first-order valence-corrected chi connectivity index (χ1v) is 12.8. The standard InChI is InChI=1S/C26H37N3O6/c1-24-9-4-10-25(2,34-3)26(24,31)15-20-21(23(30)35-22(20)16-24)17-27-11-13-28(14-12-27)18-5-7-19(8-6-18)29(32)33/h5-8,20-22,31H,4,9-17H2,1-3H3. The molecule has 4 fully saturated rings. The summed E-state index contributed by atoms with van der Waals surface area (Å²) >= 11 is 0. The maximum absolute atomic E-state index is 13.0. The summed E-state index contributed by atoms with van der Waals surface area (Å²) in [7, 11) is 1.69. The Morgan fingerprint density at radius 3 is 2.46 bits per heavy atom. The van der Waals surface area contributed by atoms with Gasteiger partial charge in [0.2, 0.25) is 0 Å². The highest BCUT2D eigenvalue weighted by atomic mass is 16.6. The molecule has 5 rings (SSSR count). The highest BCUT2D eigenvalue weighted by molar-refractivity contribution is 5.75. The van der Waals surface area contributed by atoms with Crippen LogP contribution in [0, 0.1) is 27.4 Å². The summed E-state index contributed by atoms with van der Waals surface area (Å²) in [6.07, 6.45) is 3.80. The summed E-state index contributed by atoms with van der Waals surface area (Å²) in [5, 5.41) is 23.0. The Morgan fingerprint density at radius 2 is 1.83 bits per heavy atom. The summed E-state index contributed by atoms with van der Waals surface area (Å²) in [5.74, 6) is -0.397. The van der Waals surface area contributed by atoms with E-state index in [0.29, 0.717) is 19.4 Å². The molecule has 192 valence electrons. The molecular weight excluding hydrogens is 450 g/mol. The molecule has 0 aromatic heterocycles. The first-order chi connectivity index (χ1) is 16.6. The van der Waals surface area contributed by atoms with Gasteiger partial charge in [0.15, 0.2) is 0 Å². The molecule has 9 heteroatoms. The van der Waals surface area contributed by atoms with E-state index in [1.54, 1.807) is 19.2 Å². The number of carbonyl (C=O) groups excluding carboxylic acids is 1. The molecule has 2 heterocycles. The van der Waals surface area contributed by atoms with Crippen LogP contribution in [0.1, 0.15) is 46.0 Å². The van der Waals surface area contributed by atoms with Crippen LogP contribution in [-0.2, 0) is 14.3 Å². The zero-order chi connectivity index (χ0) is 25.0. The number of methoxy groups -OCH3 is 1. The molecule has 6 atom stereocenters. The minimum absolute atomic E-state index is 0.0131. The number of carbonyl (C=O) groups is 1. The molecule has 2 saturated carbocycles. The predicted octanol–water partition coefficient (Wildman–Crippen LogP) is 2.99. The van der Waals surface area contributed by atoms with Crippen LogP contribution < -0.4 is 4.90 Å². The third-order valence-corrected chi connectivity index (χ3v) is 9.71. The van der Waals surface area contributed by atoms with Crippen LogP contribution in [0.2, 0.25) is 0 Å². The lowest BCUT2D eigenvalue weighted by Gasteiger charge is -2.62. The van der Waals surface area contributed by atoms with Crippen molar-refractivity contribution in [2.45, 2.75) is 63.3 Å². The van der Waals surface area contributed by atoms with Gasteiger partial charge in [-0.1, -0.05) is 6.92 Å². The highest BCUT2D eigenvalue weighted by Gasteiger charge is 2.67. The quantitative estimate of drug-likeness (QED) is 0.384. The number of piperazine rings is 1. The lowest BCUT2D eigenvalue weighted by Crippen LogP contribution is -2.69. The monoisotopic (exact) mass is 487 g/mol. The lowest BCUT2D eigenvalue weighted by atomic mass is 9.49. The second kappa shape index (κ2) is 8.71. The molecule has 1 aromatic rings. The first kappa shape index (κ1) is 24.5. The number of nitro groups is 1. The molecule has 9 nitrogen and oxygen atoms in total. The van der Waals surface area contributed by atoms with Crippen molar-refractivity contribution in [3.8, 4) is 0 Å². The number of fused-ring (bicyclic) bond motifs is 2. The molecule has 1 aromatic carbocycles. The maximum atomic E-state index is 13.0. The summed E-state index contributed by atoms with van der Waals surface area (Å²) in [5.41, 5.74) is -0.884.